The van der Waals surface area contributed by atoms with Gasteiger partial charge in [0, 0.05) is 29.6 Å². The van der Waals surface area contributed by atoms with Crippen LogP contribution in [0.3, 0.4) is 0 Å². The molecule has 3 rings (SSSR count). The van der Waals surface area contributed by atoms with E-state index < -0.39 is 0 Å². The highest BCUT2D eigenvalue weighted by Gasteiger charge is 2.18. The summed E-state index contributed by atoms with van der Waals surface area (Å²) in [6.45, 7) is 0.588. The van der Waals surface area contributed by atoms with E-state index in [1.807, 2.05) is 35.4 Å². The summed E-state index contributed by atoms with van der Waals surface area (Å²) in [6.07, 6.45) is 3.88. The summed E-state index contributed by atoms with van der Waals surface area (Å²) in [6, 6.07) is 8.72. The predicted octanol–water partition coefficient (Wildman–Crippen LogP) is 3.84. The van der Waals surface area contributed by atoms with Gasteiger partial charge < -0.3 is 19.1 Å². The van der Waals surface area contributed by atoms with Gasteiger partial charge in [0.1, 0.15) is 11.5 Å². The van der Waals surface area contributed by atoms with Crippen LogP contribution in [0.1, 0.15) is 11.1 Å². The molecule has 0 bridgehead atoms. The Hall–Kier alpha value is -2.69. The number of fused-ring (bicyclic) bond motifs is 1. The molecule has 0 N–H and O–H groups in total. The first-order valence-corrected chi connectivity index (χ1v) is 7.19. The maximum absolute atomic E-state index is 13.9. The summed E-state index contributed by atoms with van der Waals surface area (Å²) in [5, 5.41) is 0. The van der Waals surface area contributed by atoms with Crippen molar-refractivity contribution in [1.82, 2.24) is 0 Å². The van der Waals surface area contributed by atoms with Crippen molar-refractivity contribution in [2.45, 2.75) is 6.54 Å². The topological polar surface area (TPSA) is 30.9 Å². The number of benzene rings is 2. The number of anilines is 1. The third kappa shape index (κ3) is 2.82. The molecular weight excluding hydrogens is 297 g/mol. The van der Waals surface area contributed by atoms with Gasteiger partial charge in [-0.25, -0.2) is 4.39 Å². The molecule has 120 valence electrons. The molecule has 2 aromatic rings. The zero-order valence-electron chi connectivity index (χ0n) is 13.3. The highest BCUT2D eigenvalue weighted by molar-refractivity contribution is 5.68. The molecule has 4 nitrogen and oxygen atoms in total. The molecular formula is C18H18FNO3. The van der Waals surface area contributed by atoms with E-state index >= 15 is 0 Å². The van der Waals surface area contributed by atoms with Crippen molar-refractivity contribution < 1.29 is 18.6 Å². The van der Waals surface area contributed by atoms with Crippen LogP contribution in [-0.4, -0.2) is 21.3 Å². The van der Waals surface area contributed by atoms with Crippen LogP contribution in [0.2, 0.25) is 0 Å². The van der Waals surface area contributed by atoms with Crippen LogP contribution in [0.15, 0.2) is 36.5 Å². The lowest BCUT2D eigenvalue weighted by Crippen LogP contribution is -2.20. The molecule has 0 radical (unpaired) electrons. The minimum atomic E-state index is -0.383. The molecule has 0 saturated heterocycles. The first kappa shape index (κ1) is 15.2. The highest BCUT2D eigenvalue weighted by atomic mass is 19.1. The lowest BCUT2D eigenvalue weighted by atomic mass is 10.0. The number of halogens is 1. The monoisotopic (exact) mass is 315 g/mol. The Kier molecular flexibility index (Phi) is 4.10. The summed E-state index contributed by atoms with van der Waals surface area (Å²) >= 11 is 0. The second-order valence-electron chi connectivity index (χ2n) is 5.16. The lowest BCUT2D eigenvalue weighted by Gasteiger charge is -2.27. The number of rotatable bonds is 4. The van der Waals surface area contributed by atoms with Crippen LogP contribution in [0, 0.1) is 5.82 Å². The van der Waals surface area contributed by atoms with E-state index in [1.54, 1.807) is 20.3 Å². The first-order valence-electron chi connectivity index (χ1n) is 7.19. The van der Waals surface area contributed by atoms with Crippen molar-refractivity contribution in [2.75, 3.05) is 26.2 Å². The molecule has 5 heteroatoms. The number of nitrogens with zero attached hydrogens (tertiary/aromatic N) is 1. The van der Waals surface area contributed by atoms with Gasteiger partial charge in [-0.3, -0.25) is 0 Å². The number of hydrogen-bond acceptors (Lipinski definition) is 4. The Morgan fingerprint density at radius 2 is 1.74 bits per heavy atom. The Morgan fingerprint density at radius 1 is 0.957 bits per heavy atom. The van der Waals surface area contributed by atoms with Crippen molar-refractivity contribution in [3.8, 4) is 17.2 Å². The molecule has 0 fully saturated rings. The van der Waals surface area contributed by atoms with E-state index in [4.69, 9.17) is 14.2 Å². The fourth-order valence-electron chi connectivity index (χ4n) is 2.66. The molecule has 0 spiro atoms. The highest BCUT2D eigenvalue weighted by Crippen LogP contribution is 2.35. The normalized spacial score (nSPS) is 12.8. The van der Waals surface area contributed by atoms with Gasteiger partial charge in [-0.15, -0.1) is 0 Å². The largest absolute Gasteiger partial charge is 0.497 e. The predicted molar refractivity (Wildman–Crippen MR) is 87.7 cm³/mol. The van der Waals surface area contributed by atoms with Crippen molar-refractivity contribution in [3.63, 3.8) is 0 Å². The molecule has 2 aromatic carbocycles. The molecule has 0 saturated carbocycles. The minimum absolute atomic E-state index is 0.234. The smallest absolute Gasteiger partial charge is 0.167 e. The van der Waals surface area contributed by atoms with E-state index in [0.29, 0.717) is 6.54 Å². The van der Waals surface area contributed by atoms with Crippen molar-refractivity contribution >= 4 is 11.8 Å². The number of methoxy groups -OCH3 is 3. The van der Waals surface area contributed by atoms with Gasteiger partial charge in [-0.2, -0.15) is 0 Å². The summed E-state index contributed by atoms with van der Waals surface area (Å²) in [7, 11) is 4.71. The van der Waals surface area contributed by atoms with Crippen molar-refractivity contribution in [3.05, 3.63) is 53.5 Å². The van der Waals surface area contributed by atoms with Gasteiger partial charge >= 0.3 is 0 Å². The molecule has 1 aliphatic rings. The Morgan fingerprint density at radius 3 is 2.39 bits per heavy atom. The molecule has 0 unspecified atom stereocenters. The van der Waals surface area contributed by atoms with Crippen LogP contribution < -0.4 is 19.1 Å². The van der Waals surface area contributed by atoms with Gasteiger partial charge in [0.05, 0.1) is 27.9 Å². The average Bonchev–Trinajstić information content (AvgIpc) is 2.60. The number of hydrogen-bond donors (Lipinski definition) is 0. The van der Waals surface area contributed by atoms with Crippen LogP contribution in [-0.2, 0) is 6.54 Å². The average molecular weight is 315 g/mol. The molecule has 1 heterocycles. The number of ether oxygens (including phenoxy) is 3. The second kappa shape index (κ2) is 6.20. The molecule has 23 heavy (non-hydrogen) atoms. The van der Waals surface area contributed by atoms with E-state index in [1.165, 1.54) is 13.2 Å². The van der Waals surface area contributed by atoms with E-state index in [0.717, 1.165) is 28.3 Å². The van der Waals surface area contributed by atoms with Gasteiger partial charge in [-0.1, -0.05) is 0 Å². The van der Waals surface area contributed by atoms with Crippen LogP contribution >= 0.6 is 0 Å². The van der Waals surface area contributed by atoms with E-state index in [-0.39, 0.29) is 11.6 Å². The zero-order chi connectivity index (χ0) is 16.4. The van der Waals surface area contributed by atoms with E-state index in [2.05, 4.69) is 0 Å². The maximum atomic E-state index is 13.9. The minimum Gasteiger partial charge on any atom is -0.497 e. The molecule has 0 atom stereocenters. The summed E-state index contributed by atoms with van der Waals surface area (Å²) in [4.78, 5) is 1.96. The summed E-state index contributed by atoms with van der Waals surface area (Å²) in [5.41, 5.74) is 2.82. The second-order valence-corrected chi connectivity index (χ2v) is 5.16. The summed E-state index contributed by atoms with van der Waals surface area (Å²) < 4.78 is 29.6. The molecule has 0 amide bonds. The fourth-order valence-corrected chi connectivity index (χ4v) is 2.66. The van der Waals surface area contributed by atoms with Gasteiger partial charge in [0.2, 0.25) is 0 Å². The first-order chi connectivity index (χ1) is 11.2. The SMILES string of the molecule is COc1cc2c(c(OC)c1)CN(c1ccc(OC)c(F)c1)C=C2. The Bertz CT molecular complexity index is 758. The van der Waals surface area contributed by atoms with Crippen LogP contribution in [0.5, 0.6) is 17.2 Å². The van der Waals surface area contributed by atoms with Crippen LogP contribution in [0.4, 0.5) is 10.1 Å². The molecule has 0 aliphatic carbocycles. The third-order valence-electron chi connectivity index (χ3n) is 3.90. The fraction of sp³-hybridized carbons (Fsp3) is 0.222. The van der Waals surface area contributed by atoms with Gasteiger partial charge in [0.25, 0.3) is 0 Å². The Balaban J connectivity index is 1.96. The third-order valence-corrected chi connectivity index (χ3v) is 3.90. The Labute approximate surface area is 134 Å². The quantitative estimate of drug-likeness (QED) is 0.858. The maximum Gasteiger partial charge on any atom is 0.167 e. The van der Waals surface area contributed by atoms with Gasteiger partial charge in [0.15, 0.2) is 11.6 Å². The van der Waals surface area contributed by atoms with Crippen LogP contribution in [0.25, 0.3) is 6.08 Å². The summed E-state index contributed by atoms with van der Waals surface area (Å²) in [5.74, 6) is 1.35. The standard InChI is InChI=1S/C18H18FNO3/c1-21-14-8-12-6-7-20(11-15(12)18(10-14)23-3)13-4-5-17(22-2)16(19)9-13/h4-10H,11H2,1-3H3. The van der Waals surface area contributed by atoms with E-state index in [9.17, 15) is 4.39 Å². The van der Waals surface area contributed by atoms with Crippen molar-refractivity contribution in [2.24, 2.45) is 0 Å². The molecule has 0 aromatic heterocycles. The van der Waals surface area contributed by atoms with Crippen molar-refractivity contribution in [1.29, 1.82) is 0 Å². The zero-order valence-corrected chi connectivity index (χ0v) is 13.3. The lowest BCUT2D eigenvalue weighted by molar-refractivity contribution is 0.386. The molecule has 1 aliphatic heterocycles. The van der Waals surface area contributed by atoms with Gasteiger partial charge in [-0.05, 0) is 29.8 Å².